The van der Waals surface area contributed by atoms with Crippen LogP contribution in [0.1, 0.15) is 19.3 Å². The molecule has 10 heteroatoms. The Morgan fingerprint density at radius 1 is 1.08 bits per heavy atom. The Bertz CT molecular complexity index is 1780. The molecule has 194 valence electrons. The molecule has 39 heavy (non-hydrogen) atoms. The summed E-state index contributed by atoms with van der Waals surface area (Å²) in [5.41, 5.74) is 6.79. The van der Waals surface area contributed by atoms with Crippen molar-refractivity contribution >= 4 is 45.0 Å². The lowest BCUT2D eigenvalue weighted by atomic mass is 9.94. The molecule has 0 aliphatic carbocycles. The van der Waals surface area contributed by atoms with E-state index in [0.717, 1.165) is 75.3 Å². The van der Waals surface area contributed by atoms with E-state index in [2.05, 4.69) is 53.3 Å². The van der Waals surface area contributed by atoms with E-state index in [9.17, 15) is 4.79 Å². The van der Waals surface area contributed by atoms with Crippen LogP contribution in [0.2, 0.25) is 0 Å². The lowest BCUT2D eigenvalue weighted by molar-refractivity contribution is -0.117. The van der Waals surface area contributed by atoms with Gasteiger partial charge in [0.1, 0.15) is 11.2 Å². The highest BCUT2D eigenvalue weighted by Gasteiger charge is 2.18. The van der Waals surface area contributed by atoms with Crippen molar-refractivity contribution < 1.29 is 4.79 Å². The molecule has 7 rings (SSSR count). The molecule has 0 spiro atoms. The van der Waals surface area contributed by atoms with Gasteiger partial charge in [-0.05, 0) is 73.1 Å². The molecule has 9 nitrogen and oxygen atoms in total. The van der Waals surface area contributed by atoms with Gasteiger partial charge < -0.3 is 15.6 Å². The van der Waals surface area contributed by atoms with Crippen molar-refractivity contribution in [3.8, 4) is 33.1 Å². The van der Waals surface area contributed by atoms with Crippen LogP contribution in [0.4, 0.5) is 5.69 Å². The number of anilines is 1. The van der Waals surface area contributed by atoms with Gasteiger partial charge in [-0.25, -0.2) is 9.97 Å². The number of hydrogen-bond acceptors (Lipinski definition) is 7. The maximum absolute atomic E-state index is 12.7. The van der Waals surface area contributed by atoms with Gasteiger partial charge in [-0.3, -0.25) is 14.9 Å². The molecule has 6 aromatic rings. The number of nitrogens with zero attached hydrogens (tertiary/aromatic N) is 4. The summed E-state index contributed by atoms with van der Waals surface area (Å²) in [7, 11) is 0. The molecule has 0 radical (unpaired) electrons. The maximum Gasteiger partial charge on any atom is 0.224 e. The summed E-state index contributed by atoms with van der Waals surface area (Å²) >= 11 is 1.67. The predicted octanol–water partition coefficient (Wildman–Crippen LogP) is 5.62. The van der Waals surface area contributed by atoms with E-state index >= 15 is 0 Å². The normalized spacial score (nSPS) is 14.3. The van der Waals surface area contributed by atoms with Crippen LogP contribution < -0.4 is 10.6 Å². The molecular weight excluding hydrogens is 508 g/mol. The SMILES string of the molecule is O=C(CC1CCNCC1)Nc1cncc(-c2ccc3[nH]nc(-c4nc5c(-c6cccs6)ccnc5[nH]4)c3c2)c1. The molecule has 1 amide bonds. The van der Waals surface area contributed by atoms with Gasteiger partial charge in [0, 0.05) is 40.2 Å². The number of thiophene rings is 1. The van der Waals surface area contributed by atoms with E-state index in [1.54, 1.807) is 23.7 Å². The quantitative estimate of drug-likeness (QED) is 0.220. The number of imidazole rings is 1. The number of H-pyrrole nitrogens is 2. The van der Waals surface area contributed by atoms with E-state index in [-0.39, 0.29) is 5.91 Å². The number of benzene rings is 1. The zero-order valence-electron chi connectivity index (χ0n) is 21.1. The van der Waals surface area contributed by atoms with Gasteiger partial charge in [-0.1, -0.05) is 12.1 Å². The number of rotatable bonds is 6. The molecule has 0 unspecified atom stereocenters. The number of carbonyl (C=O) groups is 1. The minimum absolute atomic E-state index is 0.0360. The topological polar surface area (TPSA) is 124 Å². The highest BCUT2D eigenvalue weighted by molar-refractivity contribution is 7.13. The number of aromatic amines is 2. The monoisotopic (exact) mass is 534 g/mol. The van der Waals surface area contributed by atoms with Gasteiger partial charge >= 0.3 is 0 Å². The first-order chi connectivity index (χ1) is 19.2. The summed E-state index contributed by atoms with van der Waals surface area (Å²) in [5, 5.41) is 17.1. The van der Waals surface area contributed by atoms with Gasteiger partial charge in [0.2, 0.25) is 5.91 Å². The van der Waals surface area contributed by atoms with Gasteiger partial charge in [0.25, 0.3) is 0 Å². The summed E-state index contributed by atoms with van der Waals surface area (Å²) in [5.74, 6) is 1.12. The largest absolute Gasteiger partial charge is 0.325 e. The Kier molecular flexibility index (Phi) is 6.10. The molecule has 0 bridgehead atoms. The highest BCUT2D eigenvalue weighted by atomic mass is 32.1. The number of hydrogen-bond donors (Lipinski definition) is 4. The Hall–Kier alpha value is -4.41. The van der Waals surface area contributed by atoms with Crippen molar-refractivity contribution in [2.24, 2.45) is 5.92 Å². The molecular formula is C29H26N8OS. The van der Waals surface area contributed by atoms with Crippen molar-refractivity contribution in [3.63, 3.8) is 0 Å². The lowest BCUT2D eigenvalue weighted by Gasteiger charge is -2.21. The smallest absolute Gasteiger partial charge is 0.224 e. The van der Waals surface area contributed by atoms with Crippen LogP contribution >= 0.6 is 11.3 Å². The minimum Gasteiger partial charge on any atom is -0.325 e. The average Bonchev–Trinajstić information content (AvgIpc) is 3.73. The third-order valence-electron chi connectivity index (χ3n) is 7.25. The molecule has 4 N–H and O–H groups in total. The Balaban J connectivity index is 1.19. The van der Waals surface area contributed by atoms with Crippen LogP contribution in [0, 0.1) is 5.92 Å². The number of piperidine rings is 1. The van der Waals surface area contributed by atoms with Crippen LogP contribution in [0.5, 0.6) is 0 Å². The minimum atomic E-state index is 0.0360. The Morgan fingerprint density at radius 2 is 2.00 bits per heavy atom. The summed E-state index contributed by atoms with van der Waals surface area (Å²) in [6.07, 6.45) is 7.91. The average molecular weight is 535 g/mol. The van der Waals surface area contributed by atoms with Gasteiger partial charge in [0.15, 0.2) is 11.5 Å². The van der Waals surface area contributed by atoms with E-state index in [0.29, 0.717) is 23.9 Å². The molecule has 1 saturated heterocycles. The predicted molar refractivity (Wildman–Crippen MR) is 154 cm³/mol. The zero-order valence-corrected chi connectivity index (χ0v) is 21.9. The first-order valence-corrected chi connectivity index (χ1v) is 13.9. The van der Waals surface area contributed by atoms with Crippen LogP contribution in [-0.4, -0.2) is 49.1 Å². The number of fused-ring (bicyclic) bond motifs is 2. The van der Waals surface area contributed by atoms with Crippen molar-refractivity contribution in [1.82, 2.24) is 35.5 Å². The fraction of sp³-hybridized carbons (Fsp3) is 0.207. The molecule has 5 aromatic heterocycles. The second-order valence-corrected chi connectivity index (χ2v) is 10.8. The van der Waals surface area contributed by atoms with Gasteiger partial charge in [-0.2, -0.15) is 5.10 Å². The first-order valence-electron chi connectivity index (χ1n) is 13.0. The van der Waals surface area contributed by atoms with E-state index in [4.69, 9.17) is 4.98 Å². The fourth-order valence-corrected chi connectivity index (χ4v) is 6.01. The maximum atomic E-state index is 12.7. The Morgan fingerprint density at radius 3 is 2.87 bits per heavy atom. The number of carbonyl (C=O) groups excluding carboxylic acids is 1. The van der Waals surface area contributed by atoms with E-state index in [1.165, 1.54) is 0 Å². The summed E-state index contributed by atoms with van der Waals surface area (Å²) in [6.45, 7) is 1.96. The van der Waals surface area contributed by atoms with Crippen molar-refractivity contribution in [1.29, 1.82) is 0 Å². The fourth-order valence-electron chi connectivity index (χ4n) is 5.25. The van der Waals surface area contributed by atoms with Crippen molar-refractivity contribution in [3.05, 3.63) is 66.4 Å². The lowest BCUT2D eigenvalue weighted by Crippen LogP contribution is -2.30. The molecule has 1 fully saturated rings. The van der Waals surface area contributed by atoms with Crippen LogP contribution in [0.25, 0.3) is 55.2 Å². The Labute approximate surface area is 228 Å². The number of pyridine rings is 2. The number of amides is 1. The second-order valence-electron chi connectivity index (χ2n) is 9.86. The van der Waals surface area contributed by atoms with E-state index < -0.39 is 0 Å². The van der Waals surface area contributed by atoms with Crippen LogP contribution in [-0.2, 0) is 4.79 Å². The highest BCUT2D eigenvalue weighted by Crippen LogP contribution is 2.34. The molecule has 1 aromatic carbocycles. The first kappa shape index (κ1) is 23.7. The standard InChI is InChI=1S/C29H26N8OS/c38-25(12-17-5-8-30-9-6-17)33-20-13-19(15-31-16-20)18-3-4-23-22(14-18)27(37-36-23)29-34-26-21(24-2-1-11-39-24)7-10-32-28(26)35-29/h1-4,7,10-11,13-17,30H,5-6,8-9,12H2,(H,33,38)(H,36,37)(H,32,34,35). The van der Waals surface area contributed by atoms with E-state index in [1.807, 2.05) is 36.5 Å². The molecule has 1 aliphatic heterocycles. The number of nitrogens with one attached hydrogen (secondary N) is 4. The second kappa shape index (κ2) is 10.0. The van der Waals surface area contributed by atoms with Gasteiger partial charge in [-0.15, -0.1) is 11.3 Å². The third-order valence-corrected chi connectivity index (χ3v) is 8.15. The molecule has 1 aliphatic rings. The summed E-state index contributed by atoms with van der Waals surface area (Å²) in [6, 6.07) is 14.2. The number of aromatic nitrogens is 6. The molecule has 6 heterocycles. The van der Waals surface area contributed by atoms with Gasteiger partial charge in [0.05, 0.1) is 17.4 Å². The summed E-state index contributed by atoms with van der Waals surface area (Å²) in [4.78, 5) is 31.0. The zero-order chi connectivity index (χ0) is 26.2. The van der Waals surface area contributed by atoms with Crippen LogP contribution in [0.3, 0.4) is 0 Å². The molecule has 0 atom stereocenters. The van der Waals surface area contributed by atoms with Crippen LogP contribution in [0.15, 0.2) is 66.4 Å². The molecule has 0 saturated carbocycles. The summed E-state index contributed by atoms with van der Waals surface area (Å²) < 4.78 is 0. The third kappa shape index (κ3) is 4.68. The van der Waals surface area contributed by atoms with Crippen molar-refractivity contribution in [2.45, 2.75) is 19.3 Å². The van der Waals surface area contributed by atoms with Crippen molar-refractivity contribution in [2.75, 3.05) is 18.4 Å².